The molecule has 1 atom stereocenters. The summed E-state index contributed by atoms with van der Waals surface area (Å²) in [5.74, 6) is 1.37. The van der Waals surface area contributed by atoms with E-state index in [9.17, 15) is 8.42 Å². The zero-order chi connectivity index (χ0) is 16.3. The topological polar surface area (TPSA) is 88.1 Å². The van der Waals surface area contributed by atoms with E-state index in [-0.39, 0.29) is 17.5 Å². The Balaban J connectivity index is 1.79. The average molecular weight is 333 g/mol. The second kappa shape index (κ2) is 6.49. The molecule has 1 aliphatic heterocycles. The smallest absolute Gasteiger partial charge is 0.244 e. The van der Waals surface area contributed by atoms with Gasteiger partial charge in [0.2, 0.25) is 5.95 Å². The third-order valence-electron chi connectivity index (χ3n) is 3.77. The first kappa shape index (κ1) is 15.7. The van der Waals surface area contributed by atoms with Crippen LogP contribution in [-0.2, 0) is 9.84 Å². The monoisotopic (exact) mass is 333 g/mol. The van der Waals surface area contributed by atoms with Crippen molar-refractivity contribution in [2.45, 2.75) is 19.4 Å². The molecule has 0 bridgehead atoms. The largest absolute Gasteiger partial charge is 0.349 e. The van der Waals surface area contributed by atoms with Crippen molar-refractivity contribution >= 4 is 27.3 Å². The molecule has 7 nitrogen and oxygen atoms in total. The predicted octanol–water partition coefficient (Wildman–Crippen LogP) is 1.63. The SMILES string of the molecule is CCN(c1ccccc1)c1cnnc(NC2CCS(=O)(=O)C2)n1. The minimum absolute atomic E-state index is 0.122. The van der Waals surface area contributed by atoms with E-state index in [1.54, 1.807) is 6.20 Å². The molecule has 1 N–H and O–H groups in total. The van der Waals surface area contributed by atoms with Crippen LogP contribution in [0.5, 0.6) is 0 Å². The first-order chi connectivity index (χ1) is 11.1. The average Bonchev–Trinajstić information content (AvgIpc) is 2.88. The van der Waals surface area contributed by atoms with Crippen LogP contribution in [0.15, 0.2) is 36.5 Å². The van der Waals surface area contributed by atoms with Crippen LogP contribution in [0.2, 0.25) is 0 Å². The van der Waals surface area contributed by atoms with Gasteiger partial charge in [-0.15, -0.1) is 5.10 Å². The molecule has 1 saturated heterocycles. The summed E-state index contributed by atoms with van der Waals surface area (Å²) in [6.07, 6.45) is 2.18. The van der Waals surface area contributed by atoms with Gasteiger partial charge >= 0.3 is 0 Å². The molecule has 1 aliphatic rings. The molecule has 0 spiro atoms. The molecule has 0 radical (unpaired) electrons. The third kappa shape index (κ3) is 3.76. The minimum atomic E-state index is -2.94. The molecular formula is C15H19N5O2S. The summed E-state index contributed by atoms with van der Waals surface area (Å²) < 4.78 is 23.1. The molecular weight excluding hydrogens is 314 g/mol. The van der Waals surface area contributed by atoms with E-state index in [2.05, 4.69) is 20.5 Å². The maximum absolute atomic E-state index is 11.5. The molecule has 2 heterocycles. The van der Waals surface area contributed by atoms with Crippen LogP contribution in [0.1, 0.15) is 13.3 Å². The van der Waals surface area contributed by atoms with Gasteiger partial charge in [0.1, 0.15) is 0 Å². The third-order valence-corrected chi connectivity index (χ3v) is 5.54. The van der Waals surface area contributed by atoms with Crippen LogP contribution in [0.4, 0.5) is 17.5 Å². The number of aromatic nitrogens is 3. The number of nitrogens with one attached hydrogen (secondary N) is 1. The van der Waals surface area contributed by atoms with Gasteiger partial charge in [-0.05, 0) is 25.5 Å². The van der Waals surface area contributed by atoms with Gasteiger partial charge in [-0.25, -0.2) is 8.42 Å². The zero-order valence-electron chi connectivity index (χ0n) is 12.9. The van der Waals surface area contributed by atoms with E-state index in [4.69, 9.17) is 0 Å². The van der Waals surface area contributed by atoms with E-state index in [1.807, 2.05) is 42.2 Å². The molecule has 8 heteroatoms. The van der Waals surface area contributed by atoms with Gasteiger partial charge in [0.25, 0.3) is 0 Å². The van der Waals surface area contributed by atoms with E-state index >= 15 is 0 Å². The number of rotatable bonds is 5. The summed E-state index contributed by atoms with van der Waals surface area (Å²) in [5, 5.41) is 11.0. The fraction of sp³-hybridized carbons (Fsp3) is 0.400. The Kier molecular flexibility index (Phi) is 4.42. The molecule has 122 valence electrons. The predicted molar refractivity (Wildman–Crippen MR) is 89.6 cm³/mol. The summed E-state index contributed by atoms with van der Waals surface area (Å²) in [5.41, 5.74) is 1.02. The fourth-order valence-corrected chi connectivity index (χ4v) is 4.34. The van der Waals surface area contributed by atoms with Crippen molar-refractivity contribution in [3.63, 3.8) is 0 Å². The summed E-state index contributed by atoms with van der Waals surface area (Å²) in [6, 6.07) is 9.75. The Labute approximate surface area is 135 Å². The van der Waals surface area contributed by atoms with Crippen LogP contribution in [0.25, 0.3) is 0 Å². The van der Waals surface area contributed by atoms with Crippen LogP contribution >= 0.6 is 0 Å². The number of hydrogen-bond acceptors (Lipinski definition) is 7. The van der Waals surface area contributed by atoms with Gasteiger partial charge in [-0.1, -0.05) is 18.2 Å². The van der Waals surface area contributed by atoms with E-state index in [1.165, 1.54) is 0 Å². The second-order valence-corrected chi connectivity index (χ2v) is 7.69. The lowest BCUT2D eigenvalue weighted by atomic mass is 10.3. The molecule has 1 aromatic heterocycles. The summed E-state index contributed by atoms with van der Waals surface area (Å²) >= 11 is 0. The molecule has 1 fully saturated rings. The summed E-state index contributed by atoms with van der Waals surface area (Å²) in [4.78, 5) is 6.50. The Morgan fingerprint density at radius 3 is 2.74 bits per heavy atom. The first-order valence-corrected chi connectivity index (χ1v) is 9.39. The van der Waals surface area contributed by atoms with Crippen molar-refractivity contribution in [2.24, 2.45) is 0 Å². The second-order valence-electron chi connectivity index (χ2n) is 5.46. The normalized spacial score (nSPS) is 19.4. The lowest BCUT2D eigenvalue weighted by molar-refractivity contribution is 0.602. The van der Waals surface area contributed by atoms with Gasteiger partial charge < -0.3 is 10.2 Å². The fourth-order valence-electron chi connectivity index (χ4n) is 2.66. The van der Waals surface area contributed by atoms with Crippen molar-refractivity contribution in [1.29, 1.82) is 0 Å². The first-order valence-electron chi connectivity index (χ1n) is 7.56. The Bertz CT molecular complexity index is 766. The van der Waals surface area contributed by atoms with Crippen molar-refractivity contribution in [1.82, 2.24) is 15.2 Å². The molecule has 3 rings (SSSR count). The van der Waals surface area contributed by atoms with E-state index in [0.29, 0.717) is 18.2 Å². The molecule has 2 aromatic rings. The van der Waals surface area contributed by atoms with Gasteiger partial charge in [-0.3, -0.25) is 0 Å². The summed E-state index contributed by atoms with van der Waals surface area (Å²) in [6.45, 7) is 2.77. The molecule has 1 unspecified atom stereocenters. The number of anilines is 3. The quantitative estimate of drug-likeness (QED) is 0.889. The van der Waals surface area contributed by atoms with Crippen molar-refractivity contribution < 1.29 is 8.42 Å². The van der Waals surface area contributed by atoms with Crippen LogP contribution in [0, 0.1) is 0 Å². The maximum atomic E-state index is 11.5. The highest BCUT2D eigenvalue weighted by molar-refractivity contribution is 7.91. The van der Waals surface area contributed by atoms with Gasteiger partial charge in [0, 0.05) is 18.3 Å². The number of nitrogens with zero attached hydrogens (tertiary/aromatic N) is 4. The van der Waals surface area contributed by atoms with Gasteiger partial charge in [0.05, 0.1) is 17.7 Å². The van der Waals surface area contributed by atoms with Crippen LogP contribution in [0.3, 0.4) is 0 Å². The van der Waals surface area contributed by atoms with Crippen LogP contribution < -0.4 is 10.2 Å². The number of benzene rings is 1. The lowest BCUT2D eigenvalue weighted by Gasteiger charge is -2.22. The summed E-state index contributed by atoms with van der Waals surface area (Å²) in [7, 11) is -2.94. The lowest BCUT2D eigenvalue weighted by Crippen LogP contribution is -2.24. The van der Waals surface area contributed by atoms with E-state index < -0.39 is 9.84 Å². The molecule has 0 amide bonds. The van der Waals surface area contributed by atoms with Crippen molar-refractivity contribution in [3.8, 4) is 0 Å². The number of para-hydroxylation sites is 1. The van der Waals surface area contributed by atoms with Gasteiger partial charge in [-0.2, -0.15) is 10.1 Å². The number of hydrogen-bond donors (Lipinski definition) is 1. The standard InChI is InChI=1S/C15H19N5O2S/c1-2-20(13-6-4-3-5-7-13)14-10-16-19-15(18-14)17-12-8-9-23(21,22)11-12/h3-7,10,12H,2,8-9,11H2,1H3,(H,17,18,19). The molecule has 0 saturated carbocycles. The van der Waals surface area contributed by atoms with Crippen LogP contribution in [-0.4, -0.2) is 47.7 Å². The Morgan fingerprint density at radius 2 is 2.09 bits per heavy atom. The Hall–Kier alpha value is -2.22. The highest BCUT2D eigenvalue weighted by Crippen LogP contribution is 2.23. The Morgan fingerprint density at radius 1 is 1.30 bits per heavy atom. The molecule has 1 aromatic carbocycles. The zero-order valence-corrected chi connectivity index (χ0v) is 13.7. The highest BCUT2D eigenvalue weighted by atomic mass is 32.2. The van der Waals surface area contributed by atoms with Gasteiger partial charge in [0.15, 0.2) is 15.7 Å². The van der Waals surface area contributed by atoms with Crippen molar-refractivity contribution in [3.05, 3.63) is 36.5 Å². The maximum Gasteiger partial charge on any atom is 0.244 e. The van der Waals surface area contributed by atoms with E-state index in [0.717, 1.165) is 12.2 Å². The minimum Gasteiger partial charge on any atom is -0.349 e. The highest BCUT2D eigenvalue weighted by Gasteiger charge is 2.28. The molecule has 23 heavy (non-hydrogen) atoms. The van der Waals surface area contributed by atoms with Crippen molar-refractivity contribution in [2.75, 3.05) is 28.3 Å². The molecule has 0 aliphatic carbocycles. The number of sulfone groups is 1.